The molecule has 0 aromatic heterocycles. The predicted octanol–water partition coefficient (Wildman–Crippen LogP) is 10.9. The number of Topliss-reactive ketones (excluding diaryl/α,β-unsaturated/α-hetero) is 3. The number of phenolic OH excluding ortho intramolecular Hbond substituents is 2. The first-order valence-electron chi connectivity index (χ1n) is 17.5. The van der Waals surface area contributed by atoms with Crippen LogP contribution in [-0.4, -0.2) is 27.6 Å². The fourth-order valence-corrected chi connectivity index (χ4v) is 7.69. The molecular weight excluding hydrogens is 596 g/mol. The fraction of sp³-hybridized carbons (Fsp3) is 0.512. The van der Waals surface area contributed by atoms with E-state index < -0.39 is 33.6 Å². The lowest BCUT2D eigenvalue weighted by molar-refractivity contribution is -0.170. The monoisotopic (exact) mass is 654 g/mol. The summed E-state index contributed by atoms with van der Waals surface area (Å²) in [4.78, 5) is 44.9. The molecule has 5 nitrogen and oxygen atoms in total. The highest BCUT2D eigenvalue weighted by Gasteiger charge is 2.70. The number of ketones is 3. The second-order valence-electron chi connectivity index (χ2n) is 15.5. The number of benzene rings is 1. The molecule has 0 aliphatic heterocycles. The first-order chi connectivity index (χ1) is 22.4. The van der Waals surface area contributed by atoms with Gasteiger partial charge in [-0.25, -0.2) is 0 Å². The molecule has 1 aromatic carbocycles. The summed E-state index contributed by atoms with van der Waals surface area (Å²) < 4.78 is 0. The molecule has 0 unspecified atom stereocenters. The second kappa shape index (κ2) is 15.7. The Balaban J connectivity index is 2.36. The average molecular weight is 655 g/mol. The lowest BCUT2D eigenvalue weighted by Crippen LogP contribution is -2.66. The molecule has 2 N–H and O–H groups in total. The summed E-state index contributed by atoms with van der Waals surface area (Å²) in [6.45, 7) is 20.6. The van der Waals surface area contributed by atoms with Crippen molar-refractivity contribution in [2.24, 2.45) is 22.2 Å². The van der Waals surface area contributed by atoms with Crippen LogP contribution in [0.2, 0.25) is 0 Å². The Morgan fingerprint density at radius 3 is 1.96 bits per heavy atom. The van der Waals surface area contributed by atoms with Crippen LogP contribution in [-0.2, 0) is 9.59 Å². The lowest BCUT2D eigenvalue weighted by Gasteiger charge is -2.61. The van der Waals surface area contributed by atoms with Gasteiger partial charge in [0.2, 0.25) is 0 Å². The smallest absolute Gasteiger partial charge is 0.196 e. The van der Waals surface area contributed by atoms with Crippen molar-refractivity contribution in [3.63, 3.8) is 0 Å². The van der Waals surface area contributed by atoms with Gasteiger partial charge in [0.1, 0.15) is 5.41 Å². The van der Waals surface area contributed by atoms with Crippen LogP contribution >= 0.6 is 0 Å². The Morgan fingerprint density at radius 2 is 1.38 bits per heavy atom. The summed E-state index contributed by atoms with van der Waals surface area (Å²) in [7, 11) is 0. The van der Waals surface area contributed by atoms with E-state index >= 15 is 9.59 Å². The molecule has 260 valence electrons. The number of allylic oxidation sites excluding steroid dienone is 12. The first kappa shape index (κ1) is 38.7. The Labute approximate surface area is 289 Å². The zero-order chi connectivity index (χ0) is 36.0. The van der Waals surface area contributed by atoms with E-state index in [1.54, 1.807) is 6.08 Å². The molecule has 0 spiro atoms. The summed E-state index contributed by atoms with van der Waals surface area (Å²) >= 11 is 0. The highest BCUT2D eigenvalue weighted by atomic mass is 16.3. The van der Waals surface area contributed by atoms with Gasteiger partial charge >= 0.3 is 0 Å². The van der Waals surface area contributed by atoms with Gasteiger partial charge in [-0.1, -0.05) is 71.2 Å². The summed E-state index contributed by atoms with van der Waals surface area (Å²) in [6.07, 6.45) is 17.7. The highest BCUT2D eigenvalue weighted by molar-refractivity contribution is 6.34. The maximum absolute atomic E-state index is 15.3. The van der Waals surface area contributed by atoms with Crippen LogP contribution < -0.4 is 0 Å². The van der Waals surface area contributed by atoms with Gasteiger partial charge in [-0.15, -0.1) is 0 Å². The third-order valence-electron chi connectivity index (χ3n) is 10.6. The molecule has 0 heterocycles. The Kier molecular flexibility index (Phi) is 12.6. The largest absolute Gasteiger partial charge is 0.504 e. The molecule has 48 heavy (non-hydrogen) atoms. The molecular formula is C43H58O5. The minimum absolute atomic E-state index is 0.00402. The van der Waals surface area contributed by atoms with Gasteiger partial charge in [-0.2, -0.15) is 0 Å². The SMILES string of the molecule is CC(C)=CCC/C(C)=C/C[C@H]1C[C@@]2(CC=C(C)C)C=C(C(=O)c3ccc(O)c(O)c3)C(=O)[C@](CC=C(C)C)(C2=O)[C@]1(C)CCC=C(C)C. The molecule has 1 saturated carbocycles. The molecule has 5 heteroatoms. The standard InChI is InChI=1S/C43H58O5/c1-28(2)13-11-15-32(9)16-18-34-26-42(23-20-30(5)6)27-35(38(46)33-17-19-36(44)37(45)25-33)39(47)43(40(42)48,24-21-31(7)8)41(34,10)22-12-14-29(3)4/h13-14,16-17,19-21,25,27,34,44-45H,11-12,15,18,22-24,26H2,1-10H3/b32-16+/t34-,41+,42-,43+/m0/s1. The van der Waals surface area contributed by atoms with Gasteiger partial charge in [0, 0.05) is 5.56 Å². The summed E-state index contributed by atoms with van der Waals surface area (Å²) in [5.74, 6) is -1.82. The van der Waals surface area contributed by atoms with Crippen molar-refractivity contribution in [3.05, 3.63) is 93.7 Å². The van der Waals surface area contributed by atoms with E-state index in [0.717, 1.165) is 36.8 Å². The van der Waals surface area contributed by atoms with Gasteiger partial charge < -0.3 is 10.2 Å². The summed E-state index contributed by atoms with van der Waals surface area (Å²) in [5.41, 5.74) is 2.70. The van der Waals surface area contributed by atoms with Crippen LogP contribution in [0.15, 0.2) is 88.1 Å². The van der Waals surface area contributed by atoms with Crippen molar-refractivity contribution in [2.75, 3.05) is 0 Å². The lowest BCUT2D eigenvalue weighted by atomic mass is 9.39. The van der Waals surface area contributed by atoms with E-state index in [9.17, 15) is 15.0 Å². The number of fused-ring (bicyclic) bond motifs is 2. The maximum Gasteiger partial charge on any atom is 0.196 e. The molecule has 1 fully saturated rings. The molecule has 0 radical (unpaired) electrons. The summed E-state index contributed by atoms with van der Waals surface area (Å²) in [5, 5.41) is 20.2. The molecule has 2 aliphatic carbocycles. The fourth-order valence-electron chi connectivity index (χ4n) is 7.69. The van der Waals surface area contributed by atoms with E-state index in [2.05, 4.69) is 65.8 Å². The van der Waals surface area contributed by atoms with Gasteiger partial charge in [0.25, 0.3) is 0 Å². The number of rotatable bonds is 14. The van der Waals surface area contributed by atoms with Crippen molar-refractivity contribution >= 4 is 17.3 Å². The average Bonchev–Trinajstić information content (AvgIpc) is 2.99. The third-order valence-corrected chi connectivity index (χ3v) is 10.6. The molecule has 0 amide bonds. The van der Waals surface area contributed by atoms with Gasteiger partial charge in [0.15, 0.2) is 28.8 Å². The maximum atomic E-state index is 15.3. The van der Waals surface area contributed by atoms with Crippen LogP contribution in [0.25, 0.3) is 0 Å². The molecule has 0 saturated heterocycles. The number of hydrogen-bond donors (Lipinski definition) is 2. The summed E-state index contributed by atoms with van der Waals surface area (Å²) in [6, 6.07) is 3.87. The number of hydrogen-bond acceptors (Lipinski definition) is 5. The predicted molar refractivity (Wildman–Crippen MR) is 197 cm³/mol. The van der Waals surface area contributed by atoms with E-state index in [0.29, 0.717) is 19.3 Å². The topological polar surface area (TPSA) is 91.7 Å². The quantitative estimate of drug-likeness (QED) is 0.0685. The van der Waals surface area contributed by atoms with Gasteiger partial charge in [0.05, 0.1) is 11.0 Å². The van der Waals surface area contributed by atoms with Crippen LogP contribution in [0.1, 0.15) is 131 Å². The molecule has 3 rings (SSSR count). The van der Waals surface area contributed by atoms with Crippen LogP contribution in [0.5, 0.6) is 11.5 Å². The molecule has 4 atom stereocenters. The minimum atomic E-state index is -1.46. The molecule has 2 aliphatic rings. The number of phenols is 2. The zero-order valence-corrected chi connectivity index (χ0v) is 31.0. The molecule has 2 bridgehead atoms. The second-order valence-corrected chi connectivity index (χ2v) is 15.5. The van der Waals surface area contributed by atoms with Crippen LogP contribution in [0.4, 0.5) is 0 Å². The molecule has 1 aromatic rings. The van der Waals surface area contributed by atoms with Crippen molar-refractivity contribution in [1.29, 1.82) is 0 Å². The van der Waals surface area contributed by atoms with E-state index in [1.165, 1.54) is 34.9 Å². The van der Waals surface area contributed by atoms with Crippen LogP contribution in [0, 0.1) is 22.2 Å². The number of aromatic hydroxyl groups is 2. The number of carbonyl (C=O) groups excluding carboxylic acids is 3. The Morgan fingerprint density at radius 1 is 0.792 bits per heavy atom. The van der Waals surface area contributed by atoms with Gasteiger partial charge in [-0.3, -0.25) is 14.4 Å². The van der Waals surface area contributed by atoms with Crippen molar-refractivity contribution in [3.8, 4) is 11.5 Å². The number of carbonyl (C=O) groups is 3. The van der Waals surface area contributed by atoms with Crippen molar-refractivity contribution in [2.45, 2.75) is 121 Å². The van der Waals surface area contributed by atoms with E-state index in [1.807, 2.05) is 33.8 Å². The Hall–Kier alpha value is -3.73. The van der Waals surface area contributed by atoms with Crippen molar-refractivity contribution in [1.82, 2.24) is 0 Å². The van der Waals surface area contributed by atoms with Crippen LogP contribution in [0.3, 0.4) is 0 Å². The third kappa shape index (κ3) is 8.10. The zero-order valence-electron chi connectivity index (χ0n) is 31.0. The highest BCUT2D eigenvalue weighted by Crippen LogP contribution is 2.66. The minimum Gasteiger partial charge on any atom is -0.504 e. The van der Waals surface area contributed by atoms with Crippen molar-refractivity contribution < 1.29 is 24.6 Å². The first-order valence-corrected chi connectivity index (χ1v) is 17.5. The van der Waals surface area contributed by atoms with E-state index in [-0.39, 0.29) is 35.0 Å². The van der Waals surface area contributed by atoms with Gasteiger partial charge in [-0.05, 0) is 143 Å². The Bertz CT molecular complexity index is 1590. The normalized spacial score (nSPS) is 25.2. The van der Waals surface area contributed by atoms with E-state index in [4.69, 9.17) is 0 Å².